The number of hydrogen-bond acceptors (Lipinski definition) is 3. The van der Waals surface area contributed by atoms with Crippen molar-refractivity contribution in [2.75, 3.05) is 0 Å². The number of benzene rings is 2. The predicted octanol–water partition coefficient (Wildman–Crippen LogP) is 2.58. The average Bonchev–Trinajstić information content (AvgIpc) is 2.88. The fourth-order valence-corrected chi connectivity index (χ4v) is 2.92. The highest BCUT2D eigenvalue weighted by molar-refractivity contribution is 5.85. The Morgan fingerprint density at radius 3 is 1.90 bits per heavy atom. The normalized spacial score (nSPS) is 20.0. The number of ether oxygens (including phenoxy) is 1. The second-order valence-electron chi connectivity index (χ2n) is 5.04. The Labute approximate surface area is 122 Å². The van der Waals surface area contributed by atoms with E-state index in [1.54, 1.807) is 24.3 Å². The zero-order valence-electron chi connectivity index (χ0n) is 11.2. The van der Waals surface area contributed by atoms with Crippen LogP contribution in [0, 0.1) is 5.92 Å². The van der Waals surface area contributed by atoms with Crippen molar-refractivity contribution in [3.8, 4) is 0 Å². The lowest BCUT2D eigenvalue weighted by Crippen LogP contribution is -2.38. The van der Waals surface area contributed by atoms with Gasteiger partial charge in [0, 0.05) is 11.1 Å². The predicted molar refractivity (Wildman–Crippen MR) is 75.5 cm³/mol. The number of hydrogen-bond donors (Lipinski definition) is 1. The molecule has 4 nitrogen and oxygen atoms in total. The summed E-state index contributed by atoms with van der Waals surface area (Å²) in [6, 6.07) is 18.1. The summed E-state index contributed by atoms with van der Waals surface area (Å²) in [5.41, 5.74) is 0.0923. The quantitative estimate of drug-likeness (QED) is 0.879. The number of carboxylic acids is 1. The first-order valence-corrected chi connectivity index (χ1v) is 6.70. The van der Waals surface area contributed by atoms with Crippen molar-refractivity contribution in [2.45, 2.75) is 12.0 Å². The molecule has 0 saturated carbocycles. The molecule has 0 amide bonds. The van der Waals surface area contributed by atoms with Crippen LogP contribution < -0.4 is 0 Å². The highest BCUT2D eigenvalue weighted by Crippen LogP contribution is 2.47. The standard InChI is InChI=1S/C17H14O4/c18-15-11-14(16(19)20)17(21-15,12-7-3-1-4-8-12)13-9-5-2-6-10-13/h1-10,14H,11H2,(H,19,20). The monoisotopic (exact) mass is 282 g/mol. The van der Waals surface area contributed by atoms with Gasteiger partial charge in [-0.15, -0.1) is 0 Å². The molecule has 1 fully saturated rings. The Morgan fingerprint density at radius 2 is 1.48 bits per heavy atom. The van der Waals surface area contributed by atoms with E-state index in [1.165, 1.54) is 0 Å². The minimum atomic E-state index is -1.26. The Morgan fingerprint density at radius 1 is 1.00 bits per heavy atom. The summed E-state index contributed by atoms with van der Waals surface area (Å²) >= 11 is 0. The maximum atomic E-state index is 11.8. The maximum Gasteiger partial charge on any atom is 0.311 e. The van der Waals surface area contributed by atoms with Gasteiger partial charge in [-0.2, -0.15) is 0 Å². The molecular weight excluding hydrogens is 268 g/mol. The van der Waals surface area contributed by atoms with Gasteiger partial charge < -0.3 is 9.84 Å². The molecule has 21 heavy (non-hydrogen) atoms. The number of cyclic esters (lactones) is 1. The van der Waals surface area contributed by atoms with E-state index in [4.69, 9.17) is 4.74 Å². The van der Waals surface area contributed by atoms with Crippen molar-refractivity contribution in [2.24, 2.45) is 5.92 Å². The van der Waals surface area contributed by atoms with Crippen molar-refractivity contribution >= 4 is 11.9 Å². The molecule has 1 heterocycles. The lowest BCUT2D eigenvalue weighted by atomic mass is 9.76. The van der Waals surface area contributed by atoms with E-state index in [0.29, 0.717) is 11.1 Å². The Bertz CT molecular complexity index is 624. The summed E-state index contributed by atoms with van der Waals surface area (Å²) in [6.45, 7) is 0. The molecule has 0 aliphatic carbocycles. The zero-order chi connectivity index (χ0) is 14.9. The number of carbonyl (C=O) groups is 2. The summed E-state index contributed by atoms with van der Waals surface area (Å²) in [5, 5.41) is 9.56. The van der Waals surface area contributed by atoms with Gasteiger partial charge in [-0.25, -0.2) is 0 Å². The van der Waals surface area contributed by atoms with E-state index in [9.17, 15) is 14.7 Å². The Hall–Kier alpha value is -2.62. The van der Waals surface area contributed by atoms with E-state index >= 15 is 0 Å². The highest BCUT2D eigenvalue weighted by atomic mass is 16.6. The van der Waals surface area contributed by atoms with Crippen LogP contribution in [0.1, 0.15) is 17.5 Å². The van der Waals surface area contributed by atoms with Crippen molar-refractivity contribution in [3.05, 3.63) is 71.8 Å². The molecule has 2 aromatic rings. The smallest absolute Gasteiger partial charge is 0.311 e. The molecule has 1 atom stereocenters. The van der Waals surface area contributed by atoms with Gasteiger partial charge in [0.1, 0.15) is 5.92 Å². The molecule has 4 heteroatoms. The highest BCUT2D eigenvalue weighted by Gasteiger charge is 2.55. The van der Waals surface area contributed by atoms with Crippen molar-refractivity contribution in [1.82, 2.24) is 0 Å². The minimum Gasteiger partial charge on any atom is -0.481 e. The Kier molecular flexibility index (Phi) is 3.22. The van der Waals surface area contributed by atoms with Crippen LogP contribution in [-0.2, 0) is 19.9 Å². The number of carboxylic acid groups (broad SMARTS) is 1. The molecule has 1 aliphatic heterocycles. The first kappa shape index (κ1) is 13.4. The third kappa shape index (κ3) is 2.09. The lowest BCUT2D eigenvalue weighted by Gasteiger charge is -2.32. The molecule has 2 aromatic carbocycles. The molecule has 0 radical (unpaired) electrons. The van der Waals surface area contributed by atoms with Crippen molar-refractivity contribution in [3.63, 3.8) is 0 Å². The number of esters is 1. The Balaban J connectivity index is 2.25. The molecule has 0 spiro atoms. The molecule has 106 valence electrons. The molecule has 0 bridgehead atoms. The van der Waals surface area contributed by atoms with Gasteiger partial charge in [-0.1, -0.05) is 60.7 Å². The van der Waals surface area contributed by atoms with Gasteiger partial charge in [0.05, 0.1) is 6.42 Å². The summed E-state index contributed by atoms with van der Waals surface area (Å²) in [7, 11) is 0. The van der Waals surface area contributed by atoms with Crippen LogP contribution in [0.5, 0.6) is 0 Å². The van der Waals surface area contributed by atoms with Crippen LogP contribution in [0.25, 0.3) is 0 Å². The lowest BCUT2D eigenvalue weighted by molar-refractivity contribution is -0.151. The van der Waals surface area contributed by atoms with Crippen molar-refractivity contribution < 1.29 is 19.4 Å². The number of aliphatic carboxylic acids is 1. The van der Waals surface area contributed by atoms with Gasteiger partial charge in [0.2, 0.25) is 0 Å². The first-order chi connectivity index (χ1) is 10.1. The summed E-state index contributed by atoms with van der Waals surface area (Å²) in [5.74, 6) is -2.46. The van der Waals surface area contributed by atoms with E-state index in [0.717, 1.165) is 0 Å². The van der Waals surface area contributed by atoms with Crippen LogP contribution in [0.15, 0.2) is 60.7 Å². The maximum absolute atomic E-state index is 11.8. The van der Waals surface area contributed by atoms with Gasteiger partial charge in [0.15, 0.2) is 5.60 Å². The summed E-state index contributed by atoms with van der Waals surface area (Å²) in [6.07, 6.45) is -0.126. The first-order valence-electron chi connectivity index (χ1n) is 6.70. The third-order valence-electron chi connectivity index (χ3n) is 3.84. The minimum absolute atomic E-state index is 0.126. The fraction of sp³-hybridized carbons (Fsp3) is 0.176. The molecule has 3 rings (SSSR count). The second-order valence-corrected chi connectivity index (χ2v) is 5.04. The van der Waals surface area contributed by atoms with Gasteiger partial charge in [-0.05, 0) is 0 Å². The molecule has 1 unspecified atom stereocenters. The van der Waals surface area contributed by atoms with E-state index < -0.39 is 23.5 Å². The topological polar surface area (TPSA) is 63.6 Å². The van der Waals surface area contributed by atoms with Gasteiger partial charge >= 0.3 is 11.9 Å². The largest absolute Gasteiger partial charge is 0.481 e. The van der Waals surface area contributed by atoms with Crippen LogP contribution in [0.3, 0.4) is 0 Å². The molecular formula is C17H14O4. The van der Waals surface area contributed by atoms with Crippen LogP contribution >= 0.6 is 0 Å². The van der Waals surface area contributed by atoms with Crippen molar-refractivity contribution in [1.29, 1.82) is 0 Å². The van der Waals surface area contributed by atoms with E-state index in [2.05, 4.69) is 0 Å². The third-order valence-corrected chi connectivity index (χ3v) is 3.84. The van der Waals surface area contributed by atoms with Crippen LogP contribution in [-0.4, -0.2) is 17.0 Å². The summed E-state index contributed by atoms with van der Waals surface area (Å²) < 4.78 is 5.58. The van der Waals surface area contributed by atoms with Crippen LogP contribution in [0.2, 0.25) is 0 Å². The molecule has 1 N–H and O–H groups in total. The van der Waals surface area contributed by atoms with E-state index in [1.807, 2.05) is 36.4 Å². The van der Waals surface area contributed by atoms with Gasteiger partial charge in [0.25, 0.3) is 0 Å². The van der Waals surface area contributed by atoms with Crippen LogP contribution in [0.4, 0.5) is 0 Å². The molecule has 0 aromatic heterocycles. The fourth-order valence-electron chi connectivity index (χ4n) is 2.92. The number of rotatable bonds is 3. The number of carbonyl (C=O) groups excluding carboxylic acids is 1. The van der Waals surface area contributed by atoms with E-state index in [-0.39, 0.29) is 6.42 Å². The summed E-state index contributed by atoms with van der Waals surface area (Å²) in [4.78, 5) is 23.5. The second kappa shape index (κ2) is 5.05. The molecule has 1 aliphatic rings. The molecule has 1 saturated heterocycles. The average molecular weight is 282 g/mol. The van der Waals surface area contributed by atoms with Gasteiger partial charge in [-0.3, -0.25) is 9.59 Å². The zero-order valence-corrected chi connectivity index (χ0v) is 11.2. The SMILES string of the molecule is O=C1CC(C(=O)O)C(c2ccccc2)(c2ccccc2)O1.